The van der Waals surface area contributed by atoms with Crippen molar-refractivity contribution in [1.29, 1.82) is 0 Å². The predicted octanol–water partition coefficient (Wildman–Crippen LogP) is 3.75. The molecule has 0 bridgehead atoms. The molecular weight excluding hydrogens is 347 g/mol. The second-order valence-corrected chi connectivity index (χ2v) is 5.50. The molecule has 0 spiro atoms. The van der Waals surface area contributed by atoms with Crippen molar-refractivity contribution in [2.24, 2.45) is 0 Å². The summed E-state index contributed by atoms with van der Waals surface area (Å²) in [5.41, 5.74) is 6.71. The van der Waals surface area contributed by atoms with Crippen molar-refractivity contribution < 1.29 is 9.18 Å². The van der Waals surface area contributed by atoms with E-state index in [1.807, 2.05) is 0 Å². The molecule has 0 heterocycles. The molecule has 20 heavy (non-hydrogen) atoms. The molecule has 104 valence electrons. The van der Waals surface area contributed by atoms with Crippen molar-refractivity contribution in [3.05, 3.63) is 62.8 Å². The van der Waals surface area contributed by atoms with Crippen molar-refractivity contribution >= 4 is 39.1 Å². The summed E-state index contributed by atoms with van der Waals surface area (Å²) in [6.45, 7) is 0.0833. The summed E-state index contributed by atoms with van der Waals surface area (Å²) >= 11 is 8.94. The smallest absolute Gasteiger partial charge is 0.253 e. The first kappa shape index (κ1) is 14.8. The molecule has 0 aromatic heterocycles. The van der Waals surface area contributed by atoms with E-state index in [9.17, 15) is 9.18 Å². The summed E-state index contributed by atoms with van der Waals surface area (Å²) in [4.78, 5) is 12.0. The lowest BCUT2D eigenvalue weighted by Crippen LogP contribution is -2.24. The number of amides is 1. The van der Waals surface area contributed by atoms with Gasteiger partial charge < -0.3 is 11.1 Å². The topological polar surface area (TPSA) is 55.1 Å². The highest BCUT2D eigenvalue weighted by molar-refractivity contribution is 9.10. The normalized spacial score (nSPS) is 10.3. The Bertz CT molecular complexity index is 664. The van der Waals surface area contributed by atoms with Gasteiger partial charge in [-0.2, -0.15) is 0 Å². The Morgan fingerprint density at radius 3 is 2.70 bits per heavy atom. The fourth-order valence-corrected chi connectivity index (χ4v) is 2.19. The monoisotopic (exact) mass is 356 g/mol. The summed E-state index contributed by atoms with van der Waals surface area (Å²) in [6.07, 6.45) is 0. The van der Waals surface area contributed by atoms with E-state index in [2.05, 4.69) is 21.2 Å². The molecule has 0 atom stereocenters. The molecule has 0 aliphatic rings. The van der Waals surface area contributed by atoms with E-state index < -0.39 is 0 Å². The molecule has 0 unspecified atom stereocenters. The molecule has 2 aromatic carbocycles. The second-order valence-electron chi connectivity index (χ2n) is 4.15. The molecule has 0 saturated heterocycles. The average Bonchev–Trinajstić information content (AvgIpc) is 2.37. The van der Waals surface area contributed by atoms with E-state index in [1.165, 1.54) is 18.2 Å². The Hall–Kier alpha value is -1.59. The van der Waals surface area contributed by atoms with Crippen molar-refractivity contribution in [3.63, 3.8) is 0 Å². The van der Waals surface area contributed by atoms with Gasteiger partial charge in [0.2, 0.25) is 0 Å². The standard InChI is InChI=1S/C14H11BrClFN2O/c15-9-2-1-8(12(17)5-9)7-19-14(20)11-4-3-10(16)6-13(11)18/h1-6H,7,18H2,(H,19,20). The van der Waals surface area contributed by atoms with Crippen LogP contribution in [0.3, 0.4) is 0 Å². The van der Waals surface area contributed by atoms with Gasteiger partial charge in [-0.3, -0.25) is 4.79 Å². The van der Waals surface area contributed by atoms with Crippen LogP contribution in [0.4, 0.5) is 10.1 Å². The van der Waals surface area contributed by atoms with E-state index in [-0.39, 0.29) is 24.0 Å². The van der Waals surface area contributed by atoms with Crippen LogP contribution in [-0.2, 0) is 6.54 Å². The van der Waals surface area contributed by atoms with Gasteiger partial charge >= 0.3 is 0 Å². The molecule has 1 amide bonds. The van der Waals surface area contributed by atoms with Crippen LogP contribution in [0.1, 0.15) is 15.9 Å². The van der Waals surface area contributed by atoms with E-state index in [0.717, 1.165) is 0 Å². The van der Waals surface area contributed by atoms with Crippen LogP contribution in [0.25, 0.3) is 0 Å². The average molecular weight is 358 g/mol. The molecule has 0 aliphatic heterocycles. The van der Waals surface area contributed by atoms with Crippen LogP contribution in [-0.4, -0.2) is 5.91 Å². The molecule has 0 saturated carbocycles. The van der Waals surface area contributed by atoms with Gasteiger partial charge in [-0.05, 0) is 30.3 Å². The van der Waals surface area contributed by atoms with Gasteiger partial charge in [-0.1, -0.05) is 33.6 Å². The molecular formula is C14H11BrClFN2O. The Morgan fingerprint density at radius 2 is 2.05 bits per heavy atom. The highest BCUT2D eigenvalue weighted by atomic mass is 79.9. The first-order valence-electron chi connectivity index (χ1n) is 5.74. The zero-order chi connectivity index (χ0) is 14.7. The number of nitrogen functional groups attached to an aromatic ring is 1. The lowest BCUT2D eigenvalue weighted by atomic mass is 10.1. The molecule has 0 radical (unpaired) electrons. The van der Waals surface area contributed by atoms with E-state index >= 15 is 0 Å². The van der Waals surface area contributed by atoms with Crippen LogP contribution in [0.15, 0.2) is 40.9 Å². The van der Waals surface area contributed by atoms with Gasteiger partial charge in [0.15, 0.2) is 0 Å². The van der Waals surface area contributed by atoms with Gasteiger partial charge in [0.1, 0.15) is 5.82 Å². The van der Waals surface area contributed by atoms with Crippen LogP contribution in [0.5, 0.6) is 0 Å². The number of anilines is 1. The number of nitrogens with two attached hydrogens (primary N) is 1. The minimum Gasteiger partial charge on any atom is -0.398 e. The maximum Gasteiger partial charge on any atom is 0.253 e. The van der Waals surface area contributed by atoms with E-state index in [1.54, 1.807) is 18.2 Å². The first-order chi connectivity index (χ1) is 9.47. The number of halogens is 3. The lowest BCUT2D eigenvalue weighted by molar-refractivity contribution is 0.0951. The number of nitrogens with one attached hydrogen (secondary N) is 1. The lowest BCUT2D eigenvalue weighted by Gasteiger charge is -2.09. The molecule has 3 N–H and O–H groups in total. The summed E-state index contributed by atoms with van der Waals surface area (Å²) in [5, 5.41) is 3.07. The Labute approximate surface area is 129 Å². The Balaban J connectivity index is 2.08. The van der Waals surface area contributed by atoms with Crippen LogP contribution < -0.4 is 11.1 Å². The third-order valence-electron chi connectivity index (χ3n) is 2.71. The fourth-order valence-electron chi connectivity index (χ4n) is 1.68. The summed E-state index contributed by atoms with van der Waals surface area (Å²) < 4.78 is 14.3. The maximum absolute atomic E-state index is 13.6. The SMILES string of the molecule is Nc1cc(Cl)ccc1C(=O)NCc1ccc(Br)cc1F. The van der Waals surface area contributed by atoms with Crippen LogP contribution in [0.2, 0.25) is 5.02 Å². The van der Waals surface area contributed by atoms with Crippen molar-refractivity contribution in [3.8, 4) is 0 Å². The first-order valence-corrected chi connectivity index (χ1v) is 6.91. The molecule has 2 rings (SSSR count). The molecule has 6 heteroatoms. The van der Waals surface area contributed by atoms with Gasteiger partial charge in [0.05, 0.1) is 5.56 Å². The summed E-state index contributed by atoms with van der Waals surface area (Å²) in [7, 11) is 0. The van der Waals surface area contributed by atoms with E-state index in [0.29, 0.717) is 20.6 Å². The largest absolute Gasteiger partial charge is 0.398 e. The molecule has 2 aromatic rings. The zero-order valence-corrected chi connectivity index (χ0v) is 12.6. The van der Waals surface area contributed by atoms with E-state index in [4.69, 9.17) is 17.3 Å². The van der Waals surface area contributed by atoms with Gasteiger partial charge in [-0.15, -0.1) is 0 Å². The number of carbonyl (C=O) groups excluding carboxylic acids is 1. The Kier molecular flexibility index (Phi) is 4.62. The number of hydrogen-bond donors (Lipinski definition) is 2. The number of carbonyl (C=O) groups is 1. The van der Waals surface area contributed by atoms with Crippen molar-refractivity contribution in [2.45, 2.75) is 6.54 Å². The molecule has 0 fully saturated rings. The Morgan fingerprint density at radius 1 is 1.30 bits per heavy atom. The van der Waals surface area contributed by atoms with Crippen LogP contribution in [0, 0.1) is 5.82 Å². The van der Waals surface area contributed by atoms with Gasteiger partial charge in [-0.25, -0.2) is 4.39 Å². The van der Waals surface area contributed by atoms with Crippen molar-refractivity contribution in [1.82, 2.24) is 5.32 Å². The maximum atomic E-state index is 13.6. The van der Waals surface area contributed by atoms with Gasteiger partial charge in [0, 0.05) is 27.3 Å². The molecule has 3 nitrogen and oxygen atoms in total. The quantitative estimate of drug-likeness (QED) is 0.822. The highest BCUT2D eigenvalue weighted by Gasteiger charge is 2.11. The highest BCUT2D eigenvalue weighted by Crippen LogP contribution is 2.18. The molecule has 0 aliphatic carbocycles. The minimum absolute atomic E-state index is 0.0833. The number of benzene rings is 2. The number of hydrogen-bond acceptors (Lipinski definition) is 2. The predicted molar refractivity (Wildman–Crippen MR) is 81.1 cm³/mol. The third-order valence-corrected chi connectivity index (χ3v) is 3.44. The third kappa shape index (κ3) is 3.49. The second kappa shape index (κ2) is 6.24. The summed E-state index contributed by atoms with van der Waals surface area (Å²) in [5.74, 6) is -0.759. The zero-order valence-electron chi connectivity index (χ0n) is 10.3. The summed E-state index contributed by atoms with van der Waals surface area (Å²) in [6, 6.07) is 9.26. The van der Waals surface area contributed by atoms with Crippen molar-refractivity contribution in [2.75, 3.05) is 5.73 Å². The fraction of sp³-hybridized carbons (Fsp3) is 0.0714. The number of rotatable bonds is 3. The minimum atomic E-state index is -0.385. The van der Waals surface area contributed by atoms with Crippen LogP contribution >= 0.6 is 27.5 Å². The van der Waals surface area contributed by atoms with Gasteiger partial charge in [0.25, 0.3) is 5.91 Å².